The number of hydrogen-bond donors (Lipinski definition) is 3. The van der Waals surface area contributed by atoms with Crippen molar-refractivity contribution in [2.75, 3.05) is 27.5 Å². The Morgan fingerprint density at radius 3 is 2.57 bits per heavy atom. The van der Waals surface area contributed by atoms with Gasteiger partial charge in [-0.25, -0.2) is 0 Å². The van der Waals surface area contributed by atoms with Crippen molar-refractivity contribution in [3.63, 3.8) is 0 Å². The van der Waals surface area contributed by atoms with Crippen LogP contribution in [0, 0.1) is 25.2 Å². The average molecular weight is 479 g/mol. The van der Waals surface area contributed by atoms with Gasteiger partial charge in [0.2, 0.25) is 6.79 Å². The van der Waals surface area contributed by atoms with Crippen LogP contribution in [0.4, 0.5) is 0 Å². The number of phenolic OH excluding ortho intramolecular Hbond substituents is 2. The predicted octanol–water partition coefficient (Wildman–Crippen LogP) is 2.18. The van der Waals surface area contributed by atoms with Crippen molar-refractivity contribution in [1.82, 2.24) is 9.80 Å². The second-order valence-electron chi connectivity index (χ2n) is 10.0. The summed E-state index contributed by atoms with van der Waals surface area (Å²) in [4.78, 5) is 4.41. The summed E-state index contributed by atoms with van der Waals surface area (Å²) < 4.78 is 17.1. The first-order valence-electron chi connectivity index (χ1n) is 12.0. The molecule has 5 atom stereocenters. The minimum atomic E-state index is -0.429. The van der Waals surface area contributed by atoms with Crippen LogP contribution < -0.4 is 19.9 Å². The number of nitrogens with zero attached hydrogens (tertiary/aromatic N) is 3. The molecule has 4 heterocycles. The SMILES string of the molecule is COc1c(C)cc2c(c1O)[C@H]1C3Cc4c(O)c(C)c5c(c4[C@H](CN)N3[C@@H](C#N)[C@H](C2)N1C)OCO5. The van der Waals surface area contributed by atoms with Crippen LogP contribution in [0.3, 0.4) is 0 Å². The van der Waals surface area contributed by atoms with Crippen LogP contribution in [0.5, 0.6) is 28.7 Å². The Morgan fingerprint density at radius 1 is 1.14 bits per heavy atom. The minimum Gasteiger partial charge on any atom is -0.507 e. The highest BCUT2D eigenvalue weighted by Crippen LogP contribution is 2.57. The third-order valence-corrected chi connectivity index (χ3v) is 8.52. The van der Waals surface area contributed by atoms with E-state index in [1.807, 2.05) is 20.9 Å². The molecule has 2 bridgehead atoms. The van der Waals surface area contributed by atoms with Crippen molar-refractivity contribution < 1.29 is 24.4 Å². The van der Waals surface area contributed by atoms with E-state index in [1.165, 1.54) is 0 Å². The number of phenols is 2. The summed E-state index contributed by atoms with van der Waals surface area (Å²) in [7, 11) is 3.58. The Kier molecular flexibility index (Phi) is 4.87. The molecule has 0 spiro atoms. The van der Waals surface area contributed by atoms with Crippen LogP contribution in [0.15, 0.2) is 6.07 Å². The molecular formula is C26H30N4O5. The molecule has 6 rings (SSSR count). The second kappa shape index (κ2) is 7.65. The van der Waals surface area contributed by atoms with Crippen molar-refractivity contribution in [3.8, 4) is 34.8 Å². The predicted molar refractivity (Wildman–Crippen MR) is 127 cm³/mol. The number of methoxy groups -OCH3 is 1. The van der Waals surface area contributed by atoms with Gasteiger partial charge in [0.1, 0.15) is 11.8 Å². The summed E-state index contributed by atoms with van der Waals surface area (Å²) in [6.45, 7) is 4.08. The fraction of sp³-hybridized carbons (Fsp3) is 0.500. The zero-order valence-electron chi connectivity index (χ0n) is 20.3. The van der Waals surface area contributed by atoms with Crippen LogP contribution in [0.2, 0.25) is 0 Å². The molecule has 4 aliphatic heterocycles. The summed E-state index contributed by atoms with van der Waals surface area (Å²) in [6.07, 6.45) is 1.10. The van der Waals surface area contributed by atoms with Gasteiger partial charge in [0.15, 0.2) is 23.0 Å². The van der Waals surface area contributed by atoms with E-state index in [4.69, 9.17) is 19.9 Å². The smallest absolute Gasteiger partial charge is 0.231 e. The van der Waals surface area contributed by atoms with E-state index in [0.29, 0.717) is 35.7 Å². The molecule has 1 unspecified atom stereocenters. The Balaban J connectivity index is 1.61. The quantitative estimate of drug-likeness (QED) is 0.596. The number of piperazine rings is 1. The molecule has 1 fully saturated rings. The van der Waals surface area contributed by atoms with Gasteiger partial charge < -0.3 is 30.2 Å². The standard InChI is InChI=1S/C26H30N4O5/c1-11-5-13-6-15-17(8-27)30-16(21(29(15)3)19(13)23(32)24(11)33-4)7-14-20(18(30)9-28)26-25(34-10-35-26)12(2)22(14)31/h5,15-18,21,31-32H,6-7,9-10,28H2,1-4H3/t15-,16?,17-,18-,21+/m0/s1. The Labute approximate surface area is 204 Å². The zero-order chi connectivity index (χ0) is 24.8. The normalized spacial score (nSPS) is 28.6. The monoisotopic (exact) mass is 478 g/mol. The first kappa shape index (κ1) is 22.3. The number of fused-ring (bicyclic) bond motifs is 9. The largest absolute Gasteiger partial charge is 0.507 e. The Hall–Kier alpha value is -3.19. The van der Waals surface area contributed by atoms with Gasteiger partial charge >= 0.3 is 0 Å². The lowest BCUT2D eigenvalue weighted by molar-refractivity contribution is -0.0710. The number of aryl methyl sites for hydroxylation is 1. The van der Waals surface area contributed by atoms with Gasteiger partial charge in [-0.15, -0.1) is 0 Å². The molecule has 0 amide bonds. The van der Waals surface area contributed by atoms with Gasteiger partial charge in [0.05, 0.1) is 25.3 Å². The molecule has 9 nitrogen and oxygen atoms in total. The van der Waals surface area contributed by atoms with Gasteiger partial charge in [-0.05, 0) is 44.9 Å². The number of nitriles is 1. The summed E-state index contributed by atoms with van der Waals surface area (Å²) in [5, 5.41) is 33.0. The van der Waals surface area contributed by atoms with E-state index in [1.54, 1.807) is 7.11 Å². The lowest BCUT2D eigenvalue weighted by atomic mass is 9.71. The molecular weight excluding hydrogens is 448 g/mol. The molecule has 2 aromatic rings. The highest BCUT2D eigenvalue weighted by molar-refractivity contribution is 5.66. The lowest BCUT2D eigenvalue weighted by Crippen LogP contribution is -2.68. The third-order valence-electron chi connectivity index (χ3n) is 8.52. The van der Waals surface area contributed by atoms with E-state index >= 15 is 0 Å². The maximum absolute atomic E-state index is 11.4. The minimum absolute atomic E-state index is 0.0826. The van der Waals surface area contributed by atoms with E-state index in [-0.39, 0.29) is 49.0 Å². The van der Waals surface area contributed by atoms with E-state index in [0.717, 1.165) is 27.8 Å². The second-order valence-corrected chi connectivity index (χ2v) is 10.0. The van der Waals surface area contributed by atoms with Crippen LogP contribution in [-0.4, -0.2) is 65.6 Å². The van der Waals surface area contributed by atoms with Gasteiger partial charge in [0.25, 0.3) is 0 Å². The topological polar surface area (TPSA) is 124 Å². The number of aromatic hydroxyl groups is 2. The number of rotatable bonds is 2. The fourth-order valence-corrected chi connectivity index (χ4v) is 7.07. The van der Waals surface area contributed by atoms with Gasteiger partial charge in [-0.2, -0.15) is 5.26 Å². The number of benzene rings is 2. The molecule has 0 aliphatic carbocycles. The van der Waals surface area contributed by atoms with Gasteiger partial charge in [0, 0.05) is 40.9 Å². The molecule has 4 N–H and O–H groups in total. The average Bonchev–Trinajstić information content (AvgIpc) is 3.32. The first-order valence-corrected chi connectivity index (χ1v) is 12.0. The van der Waals surface area contributed by atoms with Crippen molar-refractivity contribution in [2.45, 2.75) is 56.9 Å². The lowest BCUT2D eigenvalue weighted by Gasteiger charge is -2.59. The number of nitrogens with two attached hydrogens (primary N) is 1. The van der Waals surface area contributed by atoms with Crippen LogP contribution in [0.1, 0.15) is 45.5 Å². The van der Waals surface area contributed by atoms with Crippen molar-refractivity contribution in [1.29, 1.82) is 5.26 Å². The molecule has 1 saturated heterocycles. The van der Waals surface area contributed by atoms with Crippen molar-refractivity contribution >= 4 is 0 Å². The van der Waals surface area contributed by atoms with E-state index in [2.05, 4.69) is 21.9 Å². The van der Waals surface area contributed by atoms with E-state index < -0.39 is 6.04 Å². The molecule has 0 aromatic heterocycles. The molecule has 184 valence electrons. The maximum Gasteiger partial charge on any atom is 0.231 e. The number of likely N-dealkylation sites (N-methyl/N-ethyl adjacent to an activating group) is 1. The zero-order valence-corrected chi connectivity index (χ0v) is 20.3. The molecule has 9 heteroatoms. The summed E-state index contributed by atoms with van der Waals surface area (Å²) in [5.74, 6) is 1.96. The van der Waals surface area contributed by atoms with E-state index in [9.17, 15) is 15.5 Å². The maximum atomic E-state index is 11.4. The van der Waals surface area contributed by atoms with Crippen LogP contribution in [-0.2, 0) is 12.8 Å². The van der Waals surface area contributed by atoms with Crippen LogP contribution in [0.25, 0.3) is 0 Å². The van der Waals surface area contributed by atoms with Gasteiger partial charge in [-0.3, -0.25) is 9.80 Å². The highest BCUT2D eigenvalue weighted by atomic mass is 16.7. The number of hydrogen-bond acceptors (Lipinski definition) is 9. The summed E-state index contributed by atoms with van der Waals surface area (Å²) in [5.41, 5.74) is 11.3. The first-order chi connectivity index (χ1) is 16.8. The van der Waals surface area contributed by atoms with Crippen molar-refractivity contribution in [2.24, 2.45) is 5.73 Å². The fourth-order valence-electron chi connectivity index (χ4n) is 7.07. The molecule has 0 saturated carbocycles. The molecule has 2 aromatic carbocycles. The summed E-state index contributed by atoms with van der Waals surface area (Å²) >= 11 is 0. The Bertz CT molecular complexity index is 1290. The molecule has 0 radical (unpaired) electrons. The van der Waals surface area contributed by atoms with Crippen molar-refractivity contribution in [3.05, 3.63) is 39.4 Å². The highest BCUT2D eigenvalue weighted by Gasteiger charge is 2.56. The molecule has 4 aliphatic rings. The number of ether oxygens (including phenoxy) is 3. The Morgan fingerprint density at radius 2 is 1.89 bits per heavy atom. The summed E-state index contributed by atoms with van der Waals surface area (Å²) in [6, 6.07) is 3.37. The molecule has 35 heavy (non-hydrogen) atoms. The third kappa shape index (κ3) is 2.73. The van der Waals surface area contributed by atoms with Crippen LogP contribution >= 0.6 is 0 Å². The van der Waals surface area contributed by atoms with Gasteiger partial charge in [-0.1, -0.05) is 6.07 Å².